The normalized spacial score (nSPS) is 11.7. The number of aliphatic hydroxyl groups excluding tert-OH is 1. The first-order valence-corrected chi connectivity index (χ1v) is 10.9. The molecule has 0 fully saturated rings. The summed E-state index contributed by atoms with van der Waals surface area (Å²) in [4.78, 5) is 30.5. The number of carboxylic acids is 1. The van der Waals surface area contributed by atoms with E-state index in [-0.39, 0.29) is 33.7 Å². The maximum absolute atomic E-state index is 12.7. The highest BCUT2D eigenvalue weighted by molar-refractivity contribution is 6.33. The lowest BCUT2D eigenvalue weighted by atomic mass is 10.2. The number of ether oxygens (including phenoxy) is 2. The number of aromatic nitrogens is 2. The van der Waals surface area contributed by atoms with Gasteiger partial charge in [0, 0.05) is 11.8 Å². The average molecular weight is 562 g/mol. The summed E-state index contributed by atoms with van der Waals surface area (Å²) < 4.78 is 48.1. The fraction of sp³-hybridized carbons (Fsp3) is 0.217. The molecule has 1 heterocycles. The van der Waals surface area contributed by atoms with Crippen molar-refractivity contribution in [3.05, 3.63) is 75.2 Å². The SMILES string of the molecule is C[C@H](OC(=O)c1cc(Oc2ccc(C(F)(F)F)cc2Cl)ccc1Cl)C(=O)O.Cc1ncc(CO)c(N)n1. The highest BCUT2D eigenvalue weighted by Gasteiger charge is 2.31. The molecular weight excluding hydrogens is 542 g/mol. The van der Waals surface area contributed by atoms with E-state index in [9.17, 15) is 22.8 Å². The minimum absolute atomic E-state index is 0.0246. The standard InChI is InChI=1S/C17H11Cl2F3O5.C6H9N3O/c1-8(15(23)24)26-16(25)11-7-10(3-4-12(11)18)27-14-5-2-9(6-13(14)19)17(20,21)22;1-4-8-2-5(3-10)6(7)9-4/h2-8H,1H3,(H,23,24);2,10H,3H2,1H3,(H2,7,8,9)/t8-;/m0./s1. The molecule has 0 radical (unpaired) electrons. The number of aliphatic carboxylic acids is 1. The van der Waals surface area contributed by atoms with E-state index < -0.39 is 29.8 Å². The number of rotatable bonds is 6. The zero-order chi connectivity index (χ0) is 27.9. The number of anilines is 1. The first-order chi connectivity index (χ1) is 17.2. The van der Waals surface area contributed by atoms with E-state index in [1.807, 2.05) is 0 Å². The van der Waals surface area contributed by atoms with Crippen LogP contribution in [0.2, 0.25) is 10.0 Å². The summed E-state index contributed by atoms with van der Waals surface area (Å²) in [6, 6.07) is 6.33. The molecule has 0 bridgehead atoms. The molecule has 3 aromatic rings. The molecule has 0 aliphatic carbocycles. The lowest BCUT2D eigenvalue weighted by molar-refractivity contribution is -0.146. The van der Waals surface area contributed by atoms with Crippen LogP contribution in [-0.4, -0.2) is 38.2 Å². The molecule has 2 aromatic carbocycles. The van der Waals surface area contributed by atoms with Gasteiger partial charge in [0.25, 0.3) is 0 Å². The Morgan fingerprint density at radius 1 is 1.14 bits per heavy atom. The molecule has 9 nitrogen and oxygen atoms in total. The van der Waals surface area contributed by atoms with Gasteiger partial charge in [-0.25, -0.2) is 19.6 Å². The van der Waals surface area contributed by atoms with Crippen molar-refractivity contribution in [1.29, 1.82) is 0 Å². The quantitative estimate of drug-likeness (QED) is 0.341. The van der Waals surface area contributed by atoms with Crippen molar-refractivity contribution >= 4 is 41.0 Å². The first-order valence-electron chi connectivity index (χ1n) is 10.2. The smallest absolute Gasteiger partial charge is 0.416 e. The van der Waals surface area contributed by atoms with Gasteiger partial charge in [0.15, 0.2) is 6.10 Å². The summed E-state index contributed by atoms with van der Waals surface area (Å²) in [5.41, 5.74) is 4.88. The fourth-order valence-electron chi connectivity index (χ4n) is 2.52. The van der Waals surface area contributed by atoms with E-state index in [0.29, 0.717) is 23.3 Å². The number of nitrogens with two attached hydrogens (primary N) is 1. The molecule has 37 heavy (non-hydrogen) atoms. The summed E-state index contributed by atoms with van der Waals surface area (Å²) >= 11 is 11.7. The van der Waals surface area contributed by atoms with Crippen LogP contribution >= 0.6 is 23.2 Å². The predicted octanol–water partition coefficient (Wildman–Crippen LogP) is 5.29. The third-order valence-electron chi connectivity index (χ3n) is 4.47. The van der Waals surface area contributed by atoms with Crippen LogP contribution in [0.25, 0.3) is 0 Å². The fourth-order valence-corrected chi connectivity index (χ4v) is 2.93. The summed E-state index contributed by atoms with van der Waals surface area (Å²) in [6.45, 7) is 2.81. The van der Waals surface area contributed by atoms with Gasteiger partial charge >= 0.3 is 18.1 Å². The van der Waals surface area contributed by atoms with E-state index in [1.54, 1.807) is 6.92 Å². The van der Waals surface area contributed by atoms with Crippen molar-refractivity contribution in [2.75, 3.05) is 5.73 Å². The molecule has 0 spiro atoms. The van der Waals surface area contributed by atoms with Crippen molar-refractivity contribution in [3.8, 4) is 11.5 Å². The molecule has 0 saturated carbocycles. The van der Waals surface area contributed by atoms with Crippen LogP contribution in [0.3, 0.4) is 0 Å². The van der Waals surface area contributed by atoms with Gasteiger partial charge in [-0.05, 0) is 50.2 Å². The van der Waals surface area contributed by atoms with Crippen LogP contribution in [-0.2, 0) is 22.3 Å². The molecule has 0 unspecified atom stereocenters. The number of nitrogen functional groups attached to an aromatic ring is 1. The number of carbonyl (C=O) groups excluding carboxylic acids is 1. The third kappa shape index (κ3) is 8.48. The van der Waals surface area contributed by atoms with Gasteiger partial charge in [-0.1, -0.05) is 23.2 Å². The summed E-state index contributed by atoms with van der Waals surface area (Å²) in [5, 5.41) is 17.1. The number of halogens is 5. The van der Waals surface area contributed by atoms with E-state index in [4.69, 9.17) is 48.6 Å². The molecule has 0 aliphatic heterocycles. The number of carboxylic acid groups (broad SMARTS) is 1. The van der Waals surface area contributed by atoms with Gasteiger partial charge < -0.3 is 25.4 Å². The molecule has 4 N–H and O–H groups in total. The average Bonchev–Trinajstić information content (AvgIpc) is 2.81. The number of hydrogen-bond acceptors (Lipinski definition) is 8. The van der Waals surface area contributed by atoms with Crippen molar-refractivity contribution < 1.29 is 42.4 Å². The minimum Gasteiger partial charge on any atom is -0.479 e. The van der Waals surface area contributed by atoms with Crippen molar-refractivity contribution in [2.24, 2.45) is 0 Å². The van der Waals surface area contributed by atoms with E-state index in [0.717, 1.165) is 25.1 Å². The lowest BCUT2D eigenvalue weighted by Crippen LogP contribution is -2.23. The van der Waals surface area contributed by atoms with Gasteiger partial charge in [0.05, 0.1) is 27.8 Å². The molecule has 198 valence electrons. The van der Waals surface area contributed by atoms with E-state index in [1.165, 1.54) is 18.3 Å². The Morgan fingerprint density at radius 2 is 1.81 bits per heavy atom. The molecule has 0 saturated heterocycles. The van der Waals surface area contributed by atoms with Gasteiger partial charge in [0.2, 0.25) is 0 Å². The first kappa shape index (κ1) is 29.6. The largest absolute Gasteiger partial charge is 0.479 e. The van der Waals surface area contributed by atoms with E-state index in [2.05, 4.69) is 9.97 Å². The van der Waals surface area contributed by atoms with Gasteiger partial charge in [-0.3, -0.25) is 0 Å². The molecule has 0 amide bonds. The number of esters is 1. The minimum atomic E-state index is -4.56. The van der Waals surface area contributed by atoms with E-state index >= 15 is 0 Å². The van der Waals surface area contributed by atoms with Crippen molar-refractivity contribution in [2.45, 2.75) is 32.7 Å². The second-order valence-corrected chi connectivity index (χ2v) is 8.07. The Bertz CT molecular complexity index is 1290. The zero-order valence-corrected chi connectivity index (χ0v) is 20.7. The topological polar surface area (TPSA) is 145 Å². The Hall–Kier alpha value is -3.61. The Kier molecular flexibility index (Phi) is 10.1. The highest BCUT2D eigenvalue weighted by atomic mass is 35.5. The van der Waals surface area contributed by atoms with Crippen LogP contribution < -0.4 is 10.5 Å². The predicted molar refractivity (Wildman–Crippen MR) is 128 cm³/mol. The molecule has 1 aromatic heterocycles. The number of aliphatic hydroxyl groups is 1. The number of benzene rings is 2. The van der Waals surface area contributed by atoms with Gasteiger partial charge in [0.1, 0.15) is 23.1 Å². The van der Waals surface area contributed by atoms with Crippen LogP contribution in [0.5, 0.6) is 11.5 Å². The molecule has 0 aliphatic rings. The Balaban J connectivity index is 0.000000402. The van der Waals surface area contributed by atoms with Crippen molar-refractivity contribution in [3.63, 3.8) is 0 Å². The monoisotopic (exact) mass is 561 g/mol. The van der Waals surface area contributed by atoms with Crippen LogP contribution in [0, 0.1) is 6.92 Å². The van der Waals surface area contributed by atoms with Crippen LogP contribution in [0.1, 0.15) is 34.2 Å². The molecule has 3 rings (SSSR count). The number of nitrogens with zero attached hydrogens (tertiary/aromatic N) is 2. The second-order valence-electron chi connectivity index (χ2n) is 7.26. The number of aryl methyl sites for hydroxylation is 1. The second kappa shape index (κ2) is 12.6. The van der Waals surface area contributed by atoms with Crippen LogP contribution in [0.4, 0.5) is 19.0 Å². The van der Waals surface area contributed by atoms with Gasteiger partial charge in [-0.15, -0.1) is 0 Å². The van der Waals surface area contributed by atoms with Crippen LogP contribution in [0.15, 0.2) is 42.6 Å². The highest BCUT2D eigenvalue weighted by Crippen LogP contribution is 2.37. The number of hydrogen-bond donors (Lipinski definition) is 3. The molecule has 14 heteroatoms. The summed E-state index contributed by atoms with van der Waals surface area (Å²) in [7, 11) is 0. The van der Waals surface area contributed by atoms with Gasteiger partial charge in [-0.2, -0.15) is 13.2 Å². The number of alkyl halides is 3. The maximum atomic E-state index is 12.7. The third-order valence-corrected chi connectivity index (χ3v) is 5.09. The maximum Gasteiger partial charge on any atom is 0.416 e. The Morgan fingerprint density at radius 3 is 2.35 bits per heavy atom. The molecule has 1 atom stereocenters. The molecular formula is C23H20Cl2F3N3O6. The summed E-state index contributed by atoms with van der Waals surface area (Å²) in [5.74, 6) is -1.41. The number of carbonyl (C=O) groups is 2. The summed E-state index contributed by atoms with van der Waals surface area (Å²) in [6.07, 6.45) is -4.43. The Labute approximate surface area is 218 Å². The zero-order valence-electron chi connectivity index (χ0n) is 19.2. The lowest BCUT2D eigenvalue weighted by Gasteiger charge is -2.13. The van der Waals surface area contributed by atoms with Crippen molar-refractivity contribution in [1.82, 2.24) is 9.97 Å².